The number of hydrogen-bond acceptors (Lipinski definition) is 4. The van der Waals surface area contributed by atoms with Gasteiger partial charge in [0.05, 0.1) is 11.1 Å². The zero-order valence-corrected chi connectivity index (χ0v) is 12.6. The van der Waals surface area contributed by atoms with Crippen LogP contribution in [0.25, 0.3) is 0 Å². The van der Waals surface area contributed by atoms with Crippen molar-refractivity contribution in [2.75, 3.05) is 5.32 Å². The summed E-state index contributed by atoms with van der Waals surface area (Å²) in [6, 6.07) is 6.45. The molecule has 0 aliphatic rings. The van der Waals surface area contributed by atoms with Crippen molar-refractivity contribution < 1.29 is 10.0 Å². The summed E-state index contributed by atoms with van der Waals surface area (Å²) in [6.07, 6.45) is 5.69. The summed E-state index contributed by atoms with van der Waals surface area (Å²) in [4.78, 5) is 15.4. The molecule has 0 spiro atoms. The van der Waals surface area contributed by atoms with Gasteiger partial charge in [0.25, 0.3) is 0 Å². The monoisotopic (exact) mass is 321 g/mol. The third-order valence-electron chi connectivity index (χ3n) is 3.05. The van der Waals surface area contributed by atoms with Gasteiger partial charge in [0.2, 0.25) is 0 Å². The number of thiazole rings is 1. The average molecular weight is 322 g/mol. The number of nitrogens with zero attached hydrogens (tertiary/aromatic N) is 1. The molecule has 1 aromatic carbocycles. The van der Waals surface area contributed by atoms with Gasteiger partial charge in [0, 0.05) is 10.4 Å². The van der Waals surface area contributed by atoms with E-state index >= 15 is 0 Å². The minimum Gasteiger partial charge on any atom is -0.287 e. The van der Waals surface area contributed by atoms with Crippen LogP contribution in [0.2, 0.25) is 5.02 Å². The maximum atomic E-state index is 11.1. The number of anilines is 1. The predicted octanol–water partition coefficient (Wildman–Crippen LogP) is 3.25. The summed E-state index contributed by atoms with van der Waals surface area (Å²) in [7, 11) is 0. The van der Waals surface area contributed by atoms with E-state index in [1.54, 1.807) is 17.5 Å². The molecule has 5 nitrogen and oxygen atoms in total. The molecular formula is C14H12ClN3O2S. The van der Waals surface area contributed by atoms with Gasteiger partial charge in [-0.1, -0.05) is 29.7 Å². The first kappa shape index (κ1) is 15.3. The van der Waals surface area contributed by atoms with Crippen LogP contribution >= 0.6 is 22.9 Å². The van der Waals surface area contributed by atoms with Crippen LogP contribution in [0.15, 0.2) is 29.6 Å². The Kier molecular flexibility index (Phi) is 4.48. The molecule has 2 aromatic rings. The van der Waals surface area contributed by atoms with Gasteiger partial charge in [-0.15, -0.1) is 17.8 Å². The molecule has 0 fully saturated rings. The van der Waals surface area contributed by atoms with E-state index in [0.29, 0.717) is 15.8 Å². The van der Waals surface area contributed by atoms with E-state index in [1.807, 2.05) is 19.1 Å². The third kappa shape index (κ3) is 3.16. The summed E-state index contributed by atoms with van der Waals surface area (Å²) >= 11 is 7.10. The molecule has 2 amide bonds. The van der Waals surface area contributed by atoms with Crippen molar-refractivity contribution >= 4 is 34.1 Å². The van der Waals surface area contributed by atoms with Crippen molar-refractivity contribution in [3.05, 3.63) is 45.9 Å². The number of carbonyl (C=O) groups excluding carboxylic acids is 1. The number of halogens is 1. The van der Waals surface area contributed by atoms with Crippen molar-refractivity contribution in [3.8, 4) is 12.3 Å². The molecular weight excluding hydrogens is 310 g/mol. The number of hydroxylamine groups is 1. The lowest BCUT2D eigenvalue weighted by Gasteiger charge is -2.22. The van der Waals surface area contributed by atoms with Crippen molar-refractivity contribution in [2.45, 2.75) is 12.3 Å². The van der Waals surface area contributed by atoms with Crippen LogP contribution in [0.5, 0.6) is 0 Å². The average Bonchev–Trinajstić information content (AvgIpc) is 2.96. The van der Waals surface area contributed by atoms with Crippen LogP contribution in [0.3, 0.4) is 0 Å². The molecule has 1 unspecified atom stereocenters. The minimum atomic E-state index is -0.759. The number of benzene rings is 1. The van der Waals surface area contributed by atoms with Gasteiger partial charge < -0.3 is 0 Å². The first-order chi connectivity index (χ1) is 9.99. The fourth-order valence-electron chi connectivity index (χ4n) is 1.77. The fraction of sp³-hybridized carbons (Fsp3) is 0.143. The number of terminal acetylenes is 1. The number of hydrogen-bond donors (Lipinski definition) is 3. The Morgan fingerprint density at radius 3 is 2.71 bits per heavy atom. The first-order valence-corrected chi connectivity index (χ1v) is 7.16. The highest BCUT2D eigenvalue weighted by Crippen LogP contribution is 2.33. The summed E-state index contributed by atoms with van der Waals surface area (Å²) in [5, 5.41) is 13.6. The van der Waals surface area contributed by atoms with Gasteiger partial charge in [-0.25, -0.2) is 15.3 Å². The standard InChI is InChI=1S/C14H12ClN3O2S/c1-3-14(2,9-4-6-10(15)7-5-9)11-8-21-13(16-11)17-12(19)18-20/h1,4-8,20H,2H3,(H2,16,17,18,19). The van der Waals surface area contributed by atoms with E-state index in [9.17, 15) is 4.79 Å². The SMILES string of the molecule is C#CC(C)(c1ccc(Cl)cc1)c1csc(NC(=O)NO)n1. The lowest BCUT2D eigenvalue weighted by Crippen LogP contribution is -2.25. The molecule has 0 bridgehead atoms. The summed E-state index contributed by atoms with van der Waals surface area (Å²) in [6.45, 7) is 1.86. The molecule has 0 saturated carbocycles. The molecule has 0 saturated heterocycles. The van der Waals surface area contributed by atoms with E-state index in [-0.39, 0.29) is 0 Å². The van der Waals surface area contributed by atoms with Gasteiger partial charge in [0.15, 0.2) is 5.13 Å². The largest absolute Gasteiger partial charge is 0.344 e. The Hall–Kier alpha value is -2.07. The van der Waals surface area contributed by atoms with Crippen molar-refractivity contribution in [1.29, 1.82) is 0 Å². The van der Waals surface area contributed by atoms with E-state index in [4.69, 9.17) is 23.2 Å². The Bertz CT molecular complexity index is 693. The van der Waals surface area contributed by atoms with E-state index in [0.717, 1.165) is 5.56 Å². The Labute approximate surface area is 130 Å². The van der Waals surface area contributed by atoms with Crippen molar-refractivity contribution in [3.63, 3.8) is 0 Å². The molecule has 0 radical (unpaired) electrons. The lowest BCUT2D eigenvalue weighted by molar-refractivity contribution is 0.172. The number of urea groups is 1. The Morgan fingerprint density at radius 2 is 2.14 bits per heavy atom. The molecule has 21 heavy (non-hydrogen) atoms. The van der Waals surface area contributed by atoms with Gasteiger partial charge in [-0.05, 0) is 24.6 Å². The second-order valence-corrected chi connectivity index (χ2v) is 5.67. The molecule has 108 valence electrons. The topological polar surface area (TPSA) is 74.2 Å². The summed E-state index contributed by atoms with van der Waals surface area (Å²) in [5.41, 5.74) is 2.24. The quantitative estimate of drug-likeness (QED) is 0.461. The highest BCUT2D eigenvalue weighted by Gasteiger charge is 2.29. The molecule has 1 heterocycles. The van der Waals surface area contributed by atoms with Gasteiger partial charge >= 0.3 is 6.03 Å². The van der Waals surface area contributed by atoms with Crippen LogP contribution in [-0.2, 0) is 5.41 Å². The Balaban J connectivity index is 2.35. The second-order valence-electron chi connectivity index (χ2n) is 4.38. The molecule has 1 aromatic heterocycles. The van der Waals surface area contributed by atoms with Crippen LogP contribution < -0.4 is 10.8 Å². The fourth-order valence-corrected chi connectivity index (χ4v) is 2.71. The smallest absolute Gasteiger partial charge is 0.287 e. The number of carbonyl (C=O) groups is 1. The van der Waals surface area contributed by atoms with Gasteiger partial charge in [-0.3, -0.25) is 10.5 Å². The van der Waals surface area contributed by atoms with Gasteiger partial charge in [-0.2, -0.15) is 0 Å². The zero-order chi connectivity index (χ0) is 15.5. The van der Waals surface area contributed by atoms with Crippen LogP contribution in [0.1, 0.15) is 18.2 Å². The van der Waals surface area contributed by atoms with Crippen molar-refractivity contribution in [2.24, 2.45) is 0 Å². The highest BCUT2D eigenvalue weighted by molar-refractivity contribution is 7.13. The van der Waals surface area contributed by atoms with Crippen LogP contribution in [-0.4, -0.2) is 16.2 Å². The van der Waals surface area contributed by atoms with Gasteiger partial charge in [0.1, 0.15) is 0 Å². The molecule has 1 atom stereocenters. The number of nitrogens with one attached hydrogen (secondary N) is 2. The number of aromatic nitrogens is 1. The second kappa shape index (κ2) is 6.14. The zero-order valence-electron chi connectivity index (χ0n) is 11.1. The molecule has 0 aliphatic carbocycles. The summed E-state index contributed by atoms with van der Waals surface area (Å²) < 4.78 is 0. The maximum Gasteiger partial charge on any atom is 0.344 e. The third-order valence-corrected chi connectivity index (χ3v) is 4.06. The van der Waals surface area contributed by atoms with Crippen LogP contribution in [0.4, 0.5) is 9.93 Å². The summed E-state index contributed by atoms with van der Waals surface area (Å²) in [5.74, 6) is 2.73. The molecule has 2 rings (SSSR count). The van der Waals surface area contributed by atoms with E-state index in [1.165, 1.54) is 16.8 Å². The maximum absolute atomic E-state index is 11.1. The van der Waals surface area contributed by atoms with E-state index in [2.05, 4.69) is 16.2 Å². The molecule has 3 N–H and O–H groups in total. The molecule has 0 aliphatic heterocycles. The number of amides is 2. The molecule has 7 heteroatoms. The lowest BCUT2D eigenvalue weighted by atomic mass is 9.81. The Morgan fingerprint density at radius 1 is 1.48 bits per heavy atom. The van der Waals surface area contributed by atoms with E-state index < -0.39 is 11.4 Å². The minimum absolute atomic E-state index is 0.340. The predicted molar refractivity (Wildman–Crippen MR) is 82.8 cm³/mol. The van der Waals surface area contributed by atoms with Crippen molar-refractivity contribution in [1.82, 2.24) is 10.5 Å². The number of rotatable bonds is 3. The van der Waals surface area contributed by atoms with Crippen LogP contribution in [0, 0.1) is 12.3 Å². The first-order valence-electron chi connectivity index (χ1n) is 5.90. The highest BCUT2D eigenvalue weighted by atomic mass is 35.5. The normalized spacial score (nSPS) is 13.0.